The normalized spacial score (nSPS) is 33.3. The Hall–Kier alpha value is 0.0700. The Labute approximate surface area is 114 Å². The van der Waals surface area contributed by atoms with Gasteiger partial charge in [0, 0.05) is 30.1 Å². The summed E-state index contributed by atoms with van der Waals surface area (Å²) < 4.78 is 0. The molecule has 3 atom stereocenters. The summed E-state index contributed by atoms with van der Waals surface area (Å²) in [6.07, 6.45) is 4.30. The number of thioether (sulfide) groups is 1. The molecule has 0 spiro atoms. The zero-order valence-electron chi connectivity index (χ0n) is 10.4. The van der Waals surface area contributed by atoms with Crippen molar-refractivity contribution < 1.29 is 4.79 Å². The first-order valence-corrected chi connectivity index (χ1v) is 7.43. The van der Waals surface area contributed by atoms with Gasteiger partial charge in [-0.15, -0.1) is 12.4 Å². The van der Waals surface area contributed by atoms with Gasteiger partial charge in [0.2, 0.25) is 5.91 Å². The summed E-state index contributed by atoms with van der Waals surface area (Å²) >= 11 is 2.00. The molecule has 2 N–H and O–H groups in total. The van der Waals surface area contributed by atoms with Crippen molar-refractivity contribution in [2.45, 2.75) is 43.9 Å². The van der Waals surface area contributed by atoms with Gasteiger partial charge >= 0.3 is 0 Å². The van der Waals surface area contributed by atoms with Crippen LogP contribution in [0.1, 0.15) is 32.6 Å². The van der Waals surface area contributed by atoms with Gasteiger partial charge in [0.25, 0.3) is 0 Å². The molecule has 17 heavy (non-hydrogen) atoms. The van der Waals surface area contributed by atoms with Crippen molar-refractivity contribution in [1.82, 2.24) is 4.90 Å². The highest BCUT2D eigenvalue weighted by atomic mass is 35.5. The van der Waals surface area contributed by atoms with Crippen molar-refractivity contribution in [2.24, 2.45) is 11.7 Å². The van der Waals surface area contributed by atoms with Crippen LogP contribution >= 0.6 is 24.2 Å². The maximum Gasteiger partial charge on any atom is 0.227 e. The second kappa shape index (κ2) is 6.86. The molecule has 1 saturated carbocycles. The average molecular weight is 279 g/mol. The summed E-state index contributed by atoms with van der Waals surface area (Å²) in [7, 11) is 0. The molecule has 1 saturated heterocycles. The van der Waals surface area contributed by atoms with Crippen molar-refractivity contribution in [3.63, 3.8) is 0 Å². The molecule has 0 aromatic heterocycles. The molecule has 3 unspecified atom stereocenters. The van der Waals surface area contributed by atoms with Crippen LogP contribution in [0.4, 0.5) is 0 Å². The van der Waals surface area contributed by atoms with Crippen LogP contribution in [0.15, 0.2) is 0 Å². The topological polar surface area (TPSA) is 46.3 Å². The fourth-order valence-corrected chi connectivity index (χ4v) is 3.88. The Bertz CT molecular complexity index is 265. The van der Waals surface area contributed by atoms with Crippen LogP contribution in [0.25, 0.3) is 0 Å². The van der Waals surface area contributed by atoms with Gasteiger partial charge in [-0.1, -0.05) is 13.3 Å². The smallest absolute Gasteiger partial charge is 0.227 e. The van der Waals surface area contributed by atoms with Crippen molar-refractivity contribution in [3.05, 3.63) is 0 Å². The predicted octanol–water partition coefficient (Wildman–Crippen LogP) is 1.89. The van der Waals surface area contributed by atoms with Crippen molar-refractivity contribution in [1.29, 1.82) is 0 Å². The van der Waals surface area contributed by atoms with E-state index in [1.807, 2.05) is 11.8 Å². The van der Waals surface area contributed by atoms with E-state index in [-0.39, 0.29) is 24.4 Å². The summed E-state index contributed by atoms with van der Waals surface area (Å²) in [6.45, 7) is 4.05. The number of nitrogens with two attached hydrogens (primary N) is 1. The summed E-state index contributed by atoms with van der Waals surface area (Å²) in [5.74, 6) is 1.52. The van der Waals surface area contributed by atoms with E-state index < -0.39 is 0 Å². The van der Waals surface area contributed by atoms with Crippen LogP contribution in [-0.2, 0) is 4.79 Å². The van der Waals surface area contributed by atoms with E-state index in [4.69, 9.17) is 5.73 Å². The molecule has 2 rings (SSSR count). The van der Waals surface area contributed by atoms with Crippen LogP contribution in [0.3, 0.4) is 0 Å². The molecule has 1 aliphatic heterocycles. The van der Waals surface area contributed by atoms with Gasteiger partial charge in [0.1, 0.15) is 0 Å². The molecule has 1 aliphatic carbocycles. The molecule has 1 heterocycles. The maximum atomic E-state index is 12.3. The van der Waals surface area contributed by atoms with E-state index in [2.05, 4.69) is 11.8 Å². The number of amides is 1. The van der Waals surface area contributed by atoms with Gasteiger partial charge in [0.15, 0.2) is 0 Å². The number of nitrogens with zero attached hydrogens (tertiary/aromatic N) is 1. The lowest BCUT2D eigenvalue weighted by molar-refractivity contribution is -0.135. The lowest BCUT2D eigenvalue weighted by Crippen LogP contribution is -2.47. The maximum absolute atomic E-state index is 12.3. The number of hydrogen-bond acceptors (Lipinski definition) is 3. The lowest BCUT2D eigenvalue weighted by Gasteiger charge is -2.34. The van der Waals surface area contributed by atoms with Crippen LogP contribution in [0.5, 0.6) is 0 Å². The average Bonchev–Trinajstić information content (AvgIpc) is 2.74. The minimum Gasteiger partial charge on any atom is -0.340 e. The second-order valence-corrected chi connectivity index (χ2v) is 6.29. The van der Waals surface area contributed by atoms with Crippen LogP contribution in [0, 0.1) is 5.92 Å². The molecule has 0 aromatic carbocycles. The van der Waals surface area contributed by atoms with Crippen molar-refractivity contribution >= 4 is 30.1 Å². The highest BCUT2D eigenvalue weighted by Gasteiger charge is 2.34. The summed E-state index contributed by atoms with van der Waals surface area (Å²) in [5.41, 5.74) is 6.00. The largest absolute Gasteiger partial charge is 0.340 e. The fourth-order valence-electron chi connectivity index (χ4n) is 2.70. The van der Waals surface area contributed by atoms with E-state index in [9.17, 15) is 4.79 Å². The number of hydrogen-bond donors (Lipinski definition) is 1. The van der Waals surface area contributed by atoms with Crippen LogP contribution in [0.2, 0.25) is 0 Å². The number of carbonyl (C=O) groups excluding carboxylic acids is 1. The number of carbonyl (C=O) groups is 1. The number of rotatable bonds is 2. The van der Waals surface area contributed by atoms with Crippen molar-refractivity contribution in [3.8, 4) is 0 Å². The van der Waals surface area contributed by atoms with Gasteiger partial charge < -0.3 is 10.6 Å². The van der Waals surface area contributed by atoms with E-state index in [0.29, 0.717) is 11.2 Å². The lowest BCUT2D eigenvalue weighted by atomic mass is 10.0. The fraction of sp³-hybridized carbons (Fsp3) is 0.917. The van der Waals surface area contributed by atoms with Gasteiger partial charge in [-0.05, 0) is 19.3 Å². The number of halogens is 1. The molecule has 2 fully saturated rings. The Kier molecular flexibility index (Phi) is 6.10. The molecular formula is C12H23ClN2OS. The zero-order valence-corrected chi connectivity index (χ0v) is 12.1. The molecule has 0 bridgehead atoms. The Morgan fingerprint density at radius 1 is 1.47 bits per heavy atom. The minimum absolute atomic E-state index is 0. The highest BCUT2D eigenvalue weighted by molar-refractivity contribution is 8.00. The molecule has 0 radical (unpaired) electrons. The Balaban J connectivity index is 0.00000144. The molecule has 2 aliphatic rings. The Morgan fingerprint density at radius 3 is 2.82 bits per heavy atom. The first-order valence-electron chi connectivity index (χ1n) is 6.38. The third kappa shape index (κ3) is 3.52. The van der Waals surface area contributed by atoms with Gasteiger partial charge in [-0.25, -0.2) is 0 Å². The SMILES string of the molecule is CCC1CN(C(=O)C2CCCC2N)CCS1.Cl. The minimum atomic E-state index is 0. The summed E-state index contributed by atoms with van der Waals surface area (Å²) in [6, 6.07) is 0.113. The van der Waals surface area contributed by atoms with Crippen LogP contribution in [-0.4, -0.2) is 40.9 Å². The molecule has 100 valence electrons. The van der Waals surface area contributed by atoms with Crippen molar-refractivity contribution in [2.75, 3.05) is 18.8 Å². The standard InChI is InChI=1S/C12H22N2OS.ClH/c1-2-9-8-14(6-7-16-9)12(15)10-4-3-5-11(10)13;/h9-11H,2-8,13H2,1H3;1H. The monoisotopic (exact) mass is 278 g/mol. The van der Waals surface area contributed by atoms with Gasteiger partial charge in [0.05, 0.1) is 5.92 Å². The van der Waals surface area contributed by atoms with E-state index in [1.54, 1.807) is 0 Å². The van der Waals surface area contributed by atoms with E-state index in [1.165, 1.54) is 0 Å². The molecule has 5 heteroatoms. The second-order valence-electron chi connectivity index (χ2n) is 4.89. The quantitative estimate of drug-likeness (QED) is 0.839. The third-order valence-electron chi connectivity index (χ3n) is 3.79. The first kappa shape index (κ1) is 15.1. The highest BCUT2D eigenvalue weighted by Crippen LogP contribution is 2.28. The van der Waals surface area contributed by atoms with E-state index in [0.717, 1.165) is 44.5 Å². The van der Waals surface area contributed by atoms with Crippen LogP contribution < -0.4 is 5.73 Å². The molecule has 1 amide bonds. The zero-order chi connectivity index (χ0) is 11.5. The molecular weight excluding hydrogens is 256 g/mol. The van der Waals surface area contributed by atoms with Gasteiger partial charge in [-0.2, -0.15) is 11.8 Å². The summed E-state index contributed by atoms with van der Waals surface area (Å²) in [4.78, 5) is 14.4. The van der Waals surface area contributed by atoms with Gasteiger partial charge in [-0.3, -0.25) is 4.79 Å². The molecule has 0 aromatic rings. The first-order chi connectivity index (χ1) is 7.72. The Morgan fingerprint density at radius 2 is 2.24 bits per heavy atom. The molecule has 3 nitrogen and oxygen atoms in total. The predicted molar refractivity (Wildman–Crippen MR) is 75.7 cm³/mol. The third-order valence-corrected chi connectivity index (χ3v) is 5.16. The summed E-state index contributed by atoms with van der Waals surface area (Å²) in [5, 5.41) is 0.635. The van der Waals surface area contributed by atoms with E-state index >= 15 is 0 Å².